The fourth-order valence-electron chi connectivity index (χ4n) is 3.99. The van der Waals surface area contributed by atoms with Crippen LogP contribution in [0.25, 0.3) is 0 Å². The number of benzene rings is 1. The summed E-state index contributed by atoms with van der Waals surface area (Å²) < 4.78 is 11.8. The molecule has 8 heteroatoms. The predicted molar refractivity (Wildman–Crippen MR) is 107 cm³/mol. The zero-order valence-electron chi connectivity index (χ0n) is 16.8. The van der Waals surface area contributed by atoms with Crippen molar-refractivity contribution in [1.29, 1.82) is 0 Å². The van der Waals surface area contributed by atoms with E-state index in [2.05, 4.69) is 4.98 Å². The third-order valence-electron chi connectivity index (χ3n) is 5.16. The predicted octanol–water partition coefficient (Wildman–Crippen LogP) is 2.36. The zero-order valence-corrected chi connectivity index (χ0v) is 16.8. The Hall–Kier alpha value is -3.16. The number of aldehydes is 1. The van der Waals surface area contributed by atoms with Gasteiger partial charge < -0.3 is 14.4 Å². The molecule has 1 aliphatic rings. The highest BCUT2D eigenvalue weighted by atomic mass is 16.5. The summed E-state index contributed by atoms with van der Waals surface area (Å²) in [5.41, 5.74) is 0.674. The van der Waals surface area contributed by atoms with Crippen molar-refractivity contribution in [2.24, 2.45) is 0 Å². The second-order valence-electron chi connectivity index (χ2n) is 6.79. The number of rotatable bonds is 8. The van der Waals surface area contributed by atoms with E-state index in [1.807, 2.05) is 42.2 Å². The molecule has 0 aliphatic carbocycles. The lowest BCUT2D eigenvalue weighted by molar-refractivity contribution is -0.144. The Morgan fingerprint density at radius 3 is 2.52 bits per heavy atom. The van der Waals surface area contributed by atoms with Crippen molar-refractivity contribution < 1.29 is 19.1 Å². The van der Waals surface area contributed by atoms with Gasteiger partial charge in [-0.1, -0.05) is 37.3 Å². The summed E-state index contributed by atoms with van der Waals surface area (Å²) in [4.78, 5) is 42.9. The van der Waals surface area contributed by atoms with Crippen LogP contribution in [-0.2, 0) is 16.1 Å². The van der Waals surface area contributed by atoms with Gasteiger partial charge in [0.25, 0.3) is 0 Å². The van der Waals surface area contributed by atoms with E-state index in [1.165, 1.54) is 11.7 Å². The molecule has 29 heavy (non-hydrogen) atoms. The van der Waals surface area contributed by atoms with Crippen LogP contribution in [0.5, 0.6) is 5.88 Å². The molecular weight excluding hydrogens is 374 g/mol. The first-order valence-electron chi connectivity index (χ1n) is 9.67. The van der Waals surface area contributed by atoms with Gasteiger partial charge in [-0.05, 0) is 18.9 Å². The molecule has 0 bridgehead atoms. The van der Waals surface area contributed by atoms with Crippen molar-refractivity contribution in [2.45, 2.75) is 45.3 Å². The smallest absolute Gasteiger partial charge is 0.352 e. The maximum Gasteiger partial charge on any atom is 0.352 e. The molecule has 1 aliphatic heterocycles. The summed E-state index contributed by atoms with van der Waals surface area (Å²) in [6.07, 6.45) is 1.34. The summed E-state index contributed by atoms with van der Waals surface area (Å²) in [6.45, 7) is 4.47. The number of ether oxygens (including phenoxy) is 2. The molecule has 154 valence electrons. The van der Waals surface area contributed by atoms with Crippen LogP contribution in [0.3, 0.4) is 0 Å². The maximum atomic E-state index is 12.8. The van der Waals surface area contributed by atoms with Gasteiger partial charge in [0.15, 0.2) is 6.29 Å². The number of aromatic nitrogens is 2. The summed E-state index contributed by atoms with van der Waals surface area (Å²) >= 11 is 0. The van der Waals surface area contributed by atoms with Crippen molar-refractivity contribution in [3.05, 3.63) is 51.9 Å². The Morgan fingerprint density at radius 2 is 1.93 bits per heavy atom. The van der Waals surface area contributed by atoms with E-state index in [-0.39, 0.29) is 36.5 Å². The van der Waals surface area contributed by atoms with Crippen molar-refractivity contribution in [2.75, 3.05) is 18.6 Å². The fourth-order valence-corrected chi connectivity index (χ4v) is 3.99. The van der Waals surface area contributed by atoms with E-state index in [1.54, 1.807) is 6.92 Å². The van der Waals surface area contributed by atoms with E-state index in [9.17, 15) is 14.4 Å². The monoisotopic (exact) mass is 399 g/mol. The molecule has 2 atom stereocenters. The second-order valence-corrected chi connectivity index (χ2v) is 6.79. The molecule has 2 heterocycles. The lowest BCUT2D eigenvalue weighted by atomic mass is 10.0. The van der Waals surface area contributed by atoms with Gasteiger partial charge in [-0.25, -0.2) is 4.79 Å². The molecule has 2 aromatic rings. The summed E-state index contributed by atoms with van der Waals surface area (Å²) in [5, 5.41) is 0. The number of carbonyl (C=O) groups is 2. The van der Waals surface area contributed by atoms with E-state index in [0.717, 1.165) is 5.56 Å². The van der Waals surface area contributed by atoms with Gasteiger partial charge >= 0.3 is 11.7 Å². The number of methoxy groups -OCH3 is 1. The van der Waals surface area contributed by atoms with Gasteiger partial charge in [0.1, 0.15) is 11.4 Å². The zero-order chi connectivity index (χ0) is 21.0. The van der Waals surface area contributed by atoms with Crippen LogP contribution in [0.4, 0.5) is 5.82 Å². The highest BCUT2D eigenvalue weighted by Gasteiger charge is 2.42. The molecule has 0 amide bonds. The van der Waals surface area contributed by atoms with Gasteiger partial charge in [-0.15, -0.1) is 0 Å². The molecule has 0 radical (unpaired) electrons. The largest absolute Gasteiger partial charge is 0.480 e. The summed E-state index contributed by atoms with van der Waals surface area (Å²) in [6, 6.07) is 9.09. The highest BCUT2D eigenvalue weighted by molar-refractivity contribution is 5.87. The maximum absolute atomic E-state index is 12.8. The third kappa shape index (κ3) is 3.87. The van der Waals surface area contributed by atoms with E-state index in [0.29, 0.717) is 25.1 Å². The molecule has 8 nitrogen and oxygen atoms in total. The van der Waals surface area contributed by atoms with Crippen LogP contribution in [0.1, 0.15) is 48.7 Å². The van der Waals surface area contributed by atoms with Gasteiger partial charge in [0.05, 0.1) is 32.2 Å². The van der Waals surface area contributed by atoms with Gasteiger partial charge in [0, 0.05) is 6.54 Å². The first kappa shape index (κ1) is 20.6. The van der Waals surface area contributed by atoms with E-state index >= 15 is 0 Å². The number of hydrogen-bond donors (Lipinski definition) is 0. The first-order valence-corrected chi connectivity index (χ1v) is 9.67. The van der Waals surface area contributed by atoms with Crippen LogP contribution < -0.4 is 15.3 Å². The molecule has 0 spiro atoms. The summed E-state index contributed by atoms with van der Waals surface area (Å²) in [5.74, 6) is 0.0293. The molecule has 1 aromatic carbocycles. The molecular formula is C21H25N3O5. The average molecular weight is 399 g/mol. The van der Waals surface area contributed by atoms with E-state index < -0.39 is 11.7 Å². The lowest BCUT2D eigenvalue weighted by Crippen LogP contribution is -2.35. The van der Waals surface area contributed by atoms with Crippen LogP contribution in [-0.4, -0.2) is 41.6 Å². The van der Waals surface area contributed by atoms with Crippen molar-refractivity contribution in [3.63, 3.8) is 0 Å². The molecule has 3 rings (SSSR count). The van der Waals surface area contributed by atoms with Gasteiger partial charge in [-0.2, -0.15) is 4.98 Å². The molecule has 0 saturated carbocycles. The van der Waals surface area contributed by atoms with Gasteiger partial charge in [-0.3, -0.25) is 14.2 Å². The molecule has 0 fully saturated rings. The Kier molecular flexibility index (Phi) is 6.31. The minimum atomic E-state index is -0.550. The molecule has 0 saturated heterocycles. The Labute approximate surface area is 169 Å². The van der Waals surface area contributed by atoms with Crippen LogP contribution in [0.15, 0.2) is 35.1 Å². The lowest BCUT2D eigenvalue weighted by Gasteiger charge is -2.28. The molecule has 0 N–H and O–H groups in total. The van der Waals surface area contributed by atoms with Crippen LogP contribution in [0, 0.1) is 0 Å². The average Bonchev–Trinajstić information content (AvgIpc) is 3.02. The second kappa shape index (κ2) is 8.89. The van der Waals surface area contributed by atoms with Crippen LogP contribution >= 0.6 is 0 Å². The number of nitrogens with zero attached hydrogens (tertiary/aromatic N) is 3. The molecule has 2 unspecified atom stereocenters. The minimum absolute atomic E-state index is 0.0130. The summed E-state index contributed by atoms with van der Waals surface area (Å²) in [7, 11) is 1.37. The number of fused-ring (bicyclic) bond motifs is 1. The topological polar surface area (TPSA) is 90.7 Å². The number of esters is 1. The quantitative estimate of drug-likeness (QED) is 0.497. The number of anilines is 1. The van der Waals surface area contributed by atoms with Crippen LogP contribution in [0.2, 0.25) is 0 Å². The minimum Gasteiger partial charge on any atom is -0.480 e. The Morgan fingerprint density at radius 1 is 1.21 bits per heavy atom. The Bertz CT molecular complexity index is 941. The van der Waals surface area contributed by atoms with Crippen molar-refractivity contribution in [3.8, 4) is 5.88 Å². The van der Waals surface area contributed by atoms with Crippen molar-refractivity contribution >= 4 is 18.1 Å². The van der Waals surface area contributed by atoms with E-state index in [4.69, 9.17) is 9.47 Å². The standard InChI is InChI=1S/C21H25N3O5/c1-4-16-17(11-18(26)29-5-2)24-20(15(13-25)19(28-3)22-21(24)27)23(16)12-14-9-7-6-8-10-14/h6-10,13,16-17H,4-5,11-12H2,1-3H3. The first-order chi connectivity index (χ1) is 14.0. The number of carbonyl (C=O) groups excluding carboxylic acids is 2. The number of hydrogen-bond acceptors (Lipinski definition) is 7. The van der Waals surface area contributed by atoms with Gasteiger partial charge in [0.2, 0.25) is 5.88 Å². The Balaban J connectivity index is 2.17. The highest BCUT2D eigenvalue weighted by Crippen LogP contribution is 2.41. The molecule has 1 aromatic heterocycles. The fraction of sp³-hybridized carbons (Fsp3) is 0.429. The third-order valence-corrected chi connectivity index (χ3v) is 5.16. The SMILES string of the molecule is CCOC(=O)CC1C(CC)N(Cc2ccccc2)c2c(C=O)c(OC)nc(=O)n21. The normalized spacial score (nSPS) is 17.7. The van der Waals surface area contributed by atoms with Crippen molar-refractivity contribution in [1.82, 2.24) is 9.55 Å².